The van der Waals surface area contributed by atoms with E-state index in [2.05, 4.69) is 13.8 Å². The SMILES string of the molecule is CCCCCC.O=C(O)c1ccc(C(=O)O)c2c1CC2. The summed E-state index contributed by atoms with van der Waals surface area (Å²) in [5.41, 5.74) is 1.82. The number of carboxylic acids is 2. The third-order valence-corrected chi connectivity index (χ3v) is 3.47. The lowest BCUT2D eigenvalue weighted by atomic mass is 9.81. The van der Waals surface area contributed by atoms with Crippen LogP contribution in [0, 0.1) is 0 Å². The highest BCUT2D eigenvalue weighted by molar-refractivity contribution is 5.95. The third-order valence-electron chi connectivity index (χ3n) is 3.47. The van der Waals surface area contributed by atoms with E-state index in [1.807, 2.05) is 0 Å². The Balaban J connectivity index is 0.000000286. The zero-order chi connectivity index (χ0) is 15.1. The summed E-state index contributed by atoms with van der Waals surface area (Å²) in [6.45, 7) is 4.46. The molecule has 1 aliphatic rings. The van der Waals surface area contributed by atoms with Crippen LogP contribution in [0.5, 0.6) is 0 Å². The van der Waals surface area contributed by atoms with Gasteiger partial charge < -0.3 is 10.2 Å². The minimum absolute atomic E-state index is 0.233. The van der Waals surface area contributed by atoms with E-state index in [0.717, 1.165) is 0 Å². The first-order valence-corrected chi connectivity index (χ1v) is 7.14. The van der Waals surface area contributed by atoms with Gasteiger partial charge >= 0.3 is 11.9 Å². The molecule has 0 heterocycles. The number of carboxylic acid groups (broad SMARTS) is 2. The van der Waals surface area contributed by atoms with Crippen LogP contribution in [0.1, 0.15) is 71.4 Å². The maximum atomic E-state index is 10.7. The average molecular weight is 278 g/mol. The van der Waals surface area contributed by atoms with Gasteiger partial charge in [-0.15, -0.1) is 0 Å². The van der Waals surface area contributed by atoms with Crippen LogP contribution in [0.2, 0.25) is 0 Å². The van der Waals surface area contributed by atoms with Crippen LogP contribution in [0.15, 0.2) is 12.1 Å². The summed E-state index contributed by atoms with van der Waals surface area (Å²) in [5, 5.41) is 17.6. The second-order valence-electron chi connectivity index (χ2n) is 4.94. The maximum Gasteiger partial charge on any atom is 0.335 e. The standard InChI is InChI=1S/C10H8O4.C6H14/c11-9(12)7-3-4-8(10(13)14)6-2-1-5(6)7;1-3-5-6-4-2/h3-4H,1-2H2,(H,11,12)(H,13,14);3-6H2,1-2H3. The molecule has 0 bridgehead atoms. The first-order valence-electron chi connectivity index (χ1n) is 7.14. The van der Waals surface area contributed by atoms with Crippen LogP contribution in [-0.2, 0) is 12.8 Å². The minimum atomic E-state index is -0.988. The molecule has 2 rings (SSSR count). The molecular weight excluding hydrogens is 256 g/mol. The first kappa shape index (κ1) is 16.2. The minimum Gasteiger partial charge on any atom is -0.478 e. The summed E-state index contributed by atoms with van der Waals surface area (Å²) in [7, 11) is 0. The van der Waals surface area contributed by atoms with Crippen molar-refractivity contribution in [2.24, 2.45) is 0 Å². The van der Waals surface area contributed by atoms with Gasteiger partial charge in [-0.05, 0) is 36.1 Å². The average Bonchev–Trinajstić information content (AvgIpc) is 2.37. The smallest absolute Gasteiger partial charge is 0.335 e. The Bertz CT molecular complexity index is 446. The molecule has 0 radical (unpaired) electrons. The molecule has 2 N–H and O–H groups in total. The fourth-order valence-corrected chi connectivity index (χ4v) is 2.24. The summed E-state index contributed by atoms with van der Waals surface area (Å²) < 4.78 is 0. The predicted octanol–water partition coefficient (Wildman–Crippen LogP) is 3.77. The Morgan fingerprint density at radius 3 is 1.45 bits per heavy atom. The lowest BCUT2D eigenvalue weighted by Crippen LogP contribution is -2.19. The van der Waals surface area contributed by atoms with Gasteiger partial charge in [0, 0.05) is 0 Å². The topological polar surface area (TPSA) is 74.6 Å². The van der Waals surface area contributed by atoms with Crippen molar-refractivity contribution in [1.29, 1.82) is 0 Å². The Morgan fingerprint density at radius 1 is 0.900 bits per heavy atom. The predicted molar refractivity (Wildman–Crippen MR) is 77.6 cm³/mol. The molecular formula is C16H22O4. The molecule has 0 aromatic heterocycles. The molecule has 0 amide bonds. The molecule has 1 aliphatic carbocycles. The summed E-state index contributed by atoms with van der Waals surface area (Å²) >= 11 is 0. The van der Waals surface area contributed by atoms with Crippen LogP contribution >= 0.6 is 0 Å². The number of hydrogen-bond donors (Lipinski definition) is 2. The van der Waals surface area contributed by atoms with Gasteiger partial charge in [-0.2, -0.15) is 0 Å². The van der Waals surface area contributed by atoms with E-state index in [1.165, 1.54) is 37.8 Å². The van der Waals surface area contributed by atoms with Crippen molar-refractivity contribution in [2.75, 3.05) is 0 Å². The molecule has 1 aromatic carbocycles. The number of benzene rings is 1. The molecule has 0 unspecified atom stereocenters. The number of rotatable bonds is 5. The van der Waals surface area contributed by atoms with Gasteiger partial charge in [-0.3, -0.25) is 0 Å². The Labute approximate surface area is 119 Å². The summed E-state index contributed by atoms with van der Waals surface area (Å²) in [4.78, 5) is 21.5. The van der Waals surface area contributed by atoms with Crippen LogP contribution in [0.25, 0.3) is 0 Å². The van der Waals surface area contributed by atoms with Crippen molar-refractivity contribution in [3.63, 3.8) is 0 Å². The Kier molecular flexibility index (Phi) is 6.22. The van der Waals surface area contributed by atoms with Crippen molar-refractivity contribution in [3.05, 3.63) is 34.4 Å². The highest BCUT2D eigenvalue weighted by Gasteiger charge is 2.26. The molecule has 0 spiro atoms. The van der Waals surface area contributed by atoms with E-state index in [0.29, 0.717) is 24.0 Å². The second-order valence-corrected chi connectivity index (χ2v) is 4.94. The highest BCUT2D eigenvalue weighted by atomic mass is 16.4. The fourth-order valence-electron chi connectivity index (χ4n) is 2.24. The van der Waals surface area contributed by atoms with Crippen molar-refractivity contribution < 1.29 is 19.8 Å². The summed E-state index contributed by atoms with van der Waals surface area (Å²) in [5.74, 6) is -1.98. The van der Waals surface area contributed by atoms with Crippen LogP contribution < -0.4 is 0 Å². The molecule has 0 aliphatic heterocycles. The lowest BCUT2D eigenvalue weighted by Gasteiger charge is -2.22. The molecule has 4 heteroatoms. The van der Waals surface area contributed by atoms with Crippen molar-refractivity contribution in [3.8, 4) is 0 Å². The molecule has 0 saturated carbocycles. The summed E-state index contributed by atoms with van der Waals surface area (Å²) in [6, 6.07) is 2.73. The van der Waals surface area contributed by atoms with Crippen molar-refractivity contribution >= 4 is 11.9 Å². The molecule has 1 aromatic rings. The van der Waals surface area contributed by atoms with Gasteiger partial charge in [-0.1, -0.05) is 39.5 Å². The number of unbranched alkanes of at least 4 members (excludes halogenated alkanes) is 3. The number of hydrogen-bond acceptors (Lipinski definition) is 2. The van der Waals surface area contributed by atoms with Gasteiger partial charge in [0.1, 0.15) is 0 Å². The van der Waals surface area contributed by atoms with E-state index in [4.69, 9.17) is 10.2 Å². The van der Waals surface area contributed by atoms with Gasteiger partial charge in [0.15, 0.2) is 0 Å². The normalized spacial score (nSPS) is 11.7. The van der Waals surface area contributed by atoms with Gasteiger partial charge in [0.05, 0.1) is 11.1 Å². The molecule has 110 valence electrons. The zero-order valence-corrected chi connectivity index (χ0v) is 12.1. The Morgan fingerprint density at radius 2 is 1.25 bits per heavy atom. The third kappa shape index (κ3) is 3.83. The van der Waals surface area contributed by atoms with E-state index < -0.39 is 11.9 Å². The molecule has 0 fully saturated rings. The second kappa shape index (κ2) is 7.68. The van der Waals surface area contributed by atoms with E-state index in [1.54, 1.807) is 0 Å². The molecule has 0 atom stereocenters. The van der Waals surface area contributed by atoms with Crippen molar-refractivity contribution in [2.45, 2.75) is 52.4 Å². The van der Waals surface area contributed by atoms with Crippen LogP contribution in [0.4, 0.5) is 0 Å². The highest BCUT2D eigenvalue weighted by Crippen LogP contribution is 2.30. The van der Waals surface area contributed by atoms with Gasteiger partial charge in [-0.25, -0.2) is 9.59 Å². The van der Waals surface area contributed by atoms with Crippen LogP contribution in [0.3, 0.4) is 0 Å². The lowest BCUT2D eigenvalue weighted by molar-refractivity contribution is 0.0677. The van der Waals surface area contributed by atoms with E-state index >= 15 is 0 Å². The molecule has 0 saturated heterocycles. The van der Waals surface area contributed by atoms with E-state index in [-0.39, 0.29) is 11.1 Å². The number of carbonyl (C=O) groups is 2. The number of fused-ring (bicyclic) bond motifs is 1. The van der Waals surface area contributed by atoms with E-state index in [9.17, 15) is 9.59 Å². The monoisotopic (exact) mass is 278 g/mol. The maximum absolute atomic E-state index is 10.7. The zero-order valence-electron chi connectivity index (χ0n) is 12.1. The largest absolute Gasteiger partial charge is 0.478 e. The van der Waals surface area contributed by atoms with Gasteiger partial charge in [0.25, 0.3) is 0 Å². The first-order chi connectivity index (χ1) is 9.52. The fraction of sp³-hybridized carbons (Fsp3) is 0.500. The molecule has 4 nitrogen and oxygen atoms in total. The van der Waals surface area contributed by atoms with Crippen molar-refractivity contribution in [1.82, 2.24) is 0 Å². The summed E-state index contributed by atoms with van der Waals surface area (Å²) in [6.07, 6.45) is 6.87. The van der Waals surface area contributed by atoms with Gasteiger partial charge in [0.2, 0.25) is 0 Å². The van der Waals surface area contributed by atoms with Crippen LogP contribution in [-0.4, -0.2) is 22.2 Å². The Hall–Kier alpha value is -1.84. The quantitative estimate of drug-likeness (QED) is 0.804. The molecule has 20 heavy (non-hydrogen) atoms. The number of aromatic carboxylic acids is 2.